The second kappa shape index (κ2) is 6.02. The van der Waals surface area contributed by atoms with Gasteiger partial charge in [-0.1, -0.05) is 0 Å². The minimum atomic E-state index is -0.227. The van der Waals surface area contributed by atoms with E-state index in [1.165, 1.54) is 0 Å². The summed E-state index contributed by atoms with van der Waals surface area (Å²) in [6.07, 6.45) is 2.43. The van der Waals surface area contributed by atoms with Gasteiger partial charge < -0.3 is 10.1 Å². The van der Waals surface area contributed by atoms with Gasteiger partial charge in [-0.3, -0.25) is 10.00 Å². The summed E-state index contributed by atoms with van der Waals surface area (Å²) < 4.78 is 6.45. The summed E-state index contributed by atoms with van der Waals surface area (Å²) in [5.74, 6) is 0.666. The topological polar surface area (TPSA) is 68.2 Å². The van der Waals surface area contributed by atoms with Gasteiger partial charge in [0.25, 0.3) is 0 Å². The number of nitrogens with one attached hydrogen (secondary N) is 2. The molecule has 0 spiro atoms. The van der Waals surface area contributed by atoms with Gasteiger partial charge >= 0.3 is 6.03 Å². The molecule has 2 amide bonds. The minimum Gasteiger partial charge on any atom is -0.385 e. The third kappa shape index (κ3) is 3.99. The van der Waals surface area contributed by atoms with Crippen LogP contribution in [-0.4, -0.2) is 36.1 Å². The molecular formula is C9H16N4O2. The van der Waals surface area contributed by atoms with Crippen LogP contribution in [0.1, 0.15) is 6.42 Å². The Bertz CT molecular complexity index is 311. The predicted molar refractivity (Wildman–Crippen MR) is 56.7 cm³/mol. The summed E-state index contributed by atoms with van der Waals surface area (Å²) in [4.78, 5) is 11.3. The summed E-state index contributed by atoms with van der Waals surface area (Å²) in [6.45, 7) is 1.24. The number of ether oxygens (including phenoxy) is 1. The molecule has 0 aliphatic carbocycles. The maximum Gasteiger partial charge on any atom is 0.320 e. The number of urea groups is 1. The third-order valence-corrected chi connectivity index (χ3v) is 1.87. The van der Waals surface area contributed by atoms with Crippen molar-refractivity contribution in [3.8, 4) is 0 Å². The van der Waals surface area contributed by atoms with Gasteiger partial charge in [-0.05, 0) is 6.42 Å². The van der Waals surface area contributed by atoms with E-state index in [1.54, 1.807) is 31.1 Å². The second-order valence-electron chi connectivity index (χ2n) is 3.07. The van der Waals surface area contributed by atoms with Crippen LogP contribution in [0.25, 0.3) is 0 Å². The minimum absolute atomic E-state index is 0.227. The van der Waals surface area contributed by atoms with E-state index >= 15 is 0 Å². The lowest BCUT2D eigenvalue weighted by Gasteiger charge is -2.06. The Morgan fingerprint density at radius 2 is 2.47 bits per heavy atom. The molecule has 0 aromatic carbocycles. The molecule has 0 aliphatic heterocycles. The molecule has 6 nitrogen and oxygen atoms in total. The zero-order chi connectivity index (χ0) is 11.1. The molecule has 1 rings (SSSR count). The molecule has 1 aromatic heterocycles. The zero-order valence-electron chi connectivity index (χ0n) is 8.99. The summed E-state index contributed by atoms with van der Waals surface area (Å²) in [6, 6.07) is 1.50. The number of amides is 2. The number of nitrogens with zero attached hydrogens (tertiary/aromatic N) is 2. The summed E-state index contributed by atoms with van der Waals surface area (Å²) in [5, 5.41) is 9.32. The summed E-state index contributed by atoms with van der Waals surface area (Å²) in [7, 11) is 3.40. The first-order valence-corrected chi connectivity index (χ1v) is 4.76. The molecule has 15 heavy (non-hydrogen) atoms. The van der Waals surface area contributed by atoms with E-state index in [-0.39, 0.29) is 6.03 Å². The maximum absolute atomic E-state index is 11.3. The highest BCUT2D eigenvalue weighted by Crippen LogP contribution is 2.02. The number of aryl methyl sites for hydroxylation is 1. The first kappa shape index (κ1) is 11.5. The van der Waals surface area contributed by atoms with Crippen LogP contribution in [0.3, 0.4) is 0 Å². The van der Waals surface area contributed by atoms with E-state index in [9.17, 15) is 4.79 Å². The quantitative estimate of drug-likeness (QED) is 0.701. The first-order valence-electron chi connectivity index (χ1n) is 4.76. The molecule has 0 unspecified atom stereocenters. The number of hydrogen-bond acceptors (Lipinski definition) is 3. The average molecular weight is 212 g/mol. The molecule has 0 atom stereocenters. The van der Waals surface area contributed by atoms with Crippen LogP contribution in [0.4, 0.5) is 10.6 Å². The van der Waals surface area contributed by atoms with Gasteiger partial charge in [0, 0.05) is 33.4 Å². The van der Waals surface area contributed by atoms with Crippen LogP contribution >= 0.6 is 0 Å². The number of hydrogen-bond donors (Lipinski definition) is 2. The Labute approximate surface area is 88.6 Å². The van der Waals surface area contributed by atoms with Gasteiger partial charge in [-0.15, -0.1) is 0 Å². The smallest absolute Gasteiger partial charge is 0.320 e. The van der Waals surface area contributed by atoms with Crippen LogP contribution in [0.2, 0.25) is 0 Å². The number of carbonyl (C=O) groups excluding carboxylic acids is 1. The molecule has 1 heterocycles. The van der Waals surface area contributed by atoms with Crippen molar-refractivity contribution in [2.45, 2.75) is 6.42 Å². The lowest BCUT2D eigenvalue weighted by atomic mass is 10.4. The molecule has 6 heteroatoms. The average Bonchev–Trinajstić information content (AvgIpc) is 2.59. The highest BCUT2D eigenvalue weighted by Gasteiger charge is 2.03. The van der Waals surface area contributed by atoms with Crippen LogP contribution in [0.15, 0.2) is 12.3 Å². The number of anilines is 1. The standard InChI is InChI=1S/C9H16N4O2/c1-13-8(4-6-11-13)12-9(14)10-5-3-7-15-2/h4,6H,3,5,7H2,1-2H3,(H2,10,12,14). The summed E-state index contributed by atoms with van der Waals surface area (Å²) >= 11 is 0. The molecule has 0 bridgehead atoms. The van der Waals surface area contributed by atoms with Crippen molar-refractivity contribution in [2.24, 2.45) is 7.05 Å². The molecule has 0 saturated carbocycles. The number of rotatable bonds is 5. The Kier molecular flexibility index (Phi) is 4.62. The van der Waals surface area contributed by atoms with Crippen LogP contribution in [0.5, 0.6) is 0 Å². The van der Waals surface area contributed by atoms with E-state index in [1.807, 2.05) is 0 Å². The van der Waals surface area contributed by atoms with Crippen molar-refractivity contribution in [3.63, 3.8) is 0 Å². The lowest BCUT2D eigenvalue weighted by molar-refractivity contribution is 0.194. The number of methoxy groups -OCH3 is 1. The van der Waals surface area contributed by atoms with Crippen molar-refractivity contribution < 1.29 is 9.53 Å². The Hall–Kier alpha value is -1.56. The molecular weight excluding hydrogens is 196 g/mol. The Balaban J connectivity index is 2.22. The molecule has 1 aromatic rings. The highest BCUT2D eigenvalue weighted by atomic mass is 16.5. The van der Waals surface area contributed by atoms with Crippen LogP contribution in [-0.2, 0) is 11.8 Å². The highest BCUT2D eigenvalue weighted by molar-refractivity contribution is 5.88. The summed E-state index contributed by atoms with van der Waals surface area (Å²) in [5.41, 5.74) is 0. The fraction of sp³-hybridized carbons (Fsp3) is 0.556. The van der Waals surface area contributed by atoms with E-state index < -0.39 is 0 Å². The van der Waals surface area contributed by atoms with E-state index in [0.29, 0.717) is 19.0 Å². The van der Waals surface area contributed by atoms with Crippen molar-refractivity contribution in [1.29, 1.82) is 0 Å². The normalized spacial score (nSPS) is 10.0. The van der Waals surface area contributed by atoms with Crippen LogP contribution in [0, 0.1) is 0 Å². The van der Waals surface area contributed by atoms with E-state index in [0.717, 1.165) is 6.42 Å². The molecule has 0 fully saturated rings. The van der Waals surface area contributed by atoms with E-state index in [2.05, 4.69) is 15.7 Å². The van der Waals surface area contributed by atoms with Crippen molar-refractivity contribution in [3.05, 3.63) is 12.3 Å². The largest absolute Gasteiger partial charge is 0.385 e. The predicted octanol–water partition coefficient (Wildman–Crippen LogP) is 0.578. The maximum atomic E-state index is 11.3. The Morgan fingerprint density at radius 1 is 1.67 bits per heavy atom. The molecule has 0 aliphatic rings. The second-order valence-corrected chi connectivity index (χ2v) is 3.07. The van der Waals surface area contributed by atoms with Gasteiger partial charge in [0.15, 0.2) is 0 Å². The molecule has 2 N–H and O–H groups in total. The van der Waals surface area contributed by atoms with Crippen LogP contribution < -0.4 is 10.6 Å². The van der Waals surface area contributed by atoms with Crippen molar-refractivity contribution in [1.82, 2.24) is 15.1 Å². The van der Waals surface area contributed by atoms with Crippen molar-refractivity contribution >= 4 is 11.8 Å². The zero-order valence-corrected chi connectivity index (χ0v) is 8.99. The van der Waals surface area contributed by atoms with Gasteiger partial charge in [0.05, 0.1) is 6.20 Å². The van der Waals surface area contributed by atoms with E-state index in [4.69, 9.17) is 4.74 Å². The van der Waals surface area contributed by atoms with Gasteiger partial charge in [0.1, 0.15) is 5.82 Å². The SMILES string of the molecule is COCCCNC(=O)Nc1ccnn1C. The Morgan fingerprint density at radius 3 is 3.07 bits per heavy atom. The monoisotopic (exact) mass is 212 g/mol. The fourth-order valence-corrected chi connectivity index (χ4v) is 1.08. The third-order valence-electron chi connectivity index (χ3n) is 1.87. The number of aromatic nitrogens is 2. The van der Waals surface area contributed by atoms with Crippen molar-refractivity contribution in [2.75, 3.05) is 25.6 Å². The van der Waals surface area contributed by atoms with Gasteiger partial charge in [-0.2, -0.15) is 5.10 Å². The lowest BCUT2D eigenvalue weighted by Crippen LogP contribution is -2.30. The molecule has 0 saturated heterocycles. The van der Waals surface area contributed by atoms with Gasteiger partial charge in [0.2, 0.25) is 0 Å². The molecule has 84 valence electrons. The first-order chi connectivity index (χ1) is 7.24. The van der Waals surface area contributed by atoms with Gasteiger partial charge in [-0.25, -0.2) is 4.79 Å². The molecule has 0 radical (unpaired) electrons. The number of carbonyl (C=O) groups is 1. The fourth-order valence-electron chi connectivity index (χ4n) is 1.08.